The van der Waals surface area contributed by atoms with Crippen LogP contribution in [0, 0.1) is 0 Å². The number of hydrogen-bond donors (Lipinski definition) is 1. The normalized spacial score (nSPS) is 11.2. The van der Waals surface area contributed by atoms with Gasteiger partial charge in [0.1, 0.15) is 4.60 Å². The summed E-state index contributed by atoms with van der Waals surface area (Å²) in [6.07, 6.45) is 3.68. The van der Waals surface area contributed by atoms with E-state index in [-0.39, 0.29) is 21.3 Å². The number of aromatic nitrogens is 2. The van der Waals surface area contributed by atoms with Crippen LogP contribution in [0.1, 0.15) is 10.4 Å². The molecule has 0 aliphatic heterocycles. The van der Waals surface area contributed by atoms with Crippen LogP contribution in [0.4, 0.5) is 5.69 Å². The minimum Gasteiger partial charge on any atom is -0.319 e. The van der Waals surface area contributed by atoms with Gasteiger partial charge in [-0.3, -0.25) is 4.79 Å². The molecule has 2 heterocycles. The zero-order chi connectivity index (χ0) is 15.6. The molecule has 1 amide bonds. The first kappa shape index (κ1) is 15.9. The van der Waals surface area contributed by atoms with Gasteiger partial charge in [0.25, 0.3) is 5.91 Å². The van der Waals surface area contributed by atoms with Crippen molar-refractivity contribution in [2.24, 2.45) is 0 Å². The summed E-state index contributed by atoms with van der Waals surface area (Å²) in [7, 11) is -3.55. The maximum atomic E-state index is 12.1. The third-order valence-corrected chi connectivity index (χ3v) is 4.61. The number of sulfone groups is 1. The first-order valence-electron chi connectivity index (χ1n) is 5.56. The molecule has 0 radical (unpaired) electrons. The van der Waals surface area contributed by atoms with Crippen molar-refractivity contribution < 1.29 is 13.2 Å². The molecule has 0 aliphatic rings. The smallest absolute Gasteiger partial charge is 0.257 e. The molecule has 0 bridgehead atoms. The summed E-state index contributed by atoms with van der Waals surface area (Å²) in [4.78, 5) is 19.8. The third-order valence-electron chi connectivity index (χ3n) is 2.43. The van der Waals surface area contributed by atoms with Gasteiger partial charge in [0.15, 0.2) is 14.9 Å². The van der Waals surface area contributed by atoms with Crippen molar-refractivity contribution in [1.82, 2.24) is 9.97 Å². The molecule has 0 saturated heterocycles. The van der Waals surface area contributed by atoms with Gasteiger partial charge in [-0.25, -0.2) is 18.4 Å². The summed E-state index contributed by atoms with van der Waals surface area (Å²) in [6.45, 7) is 0. The quantitative estimate of drug-likeness (QED) is 0.814. The van der Waals surface area contributed by atoms with Crippen LogP contribution in [0.15, 0.2) is 40.2 Å². The van der Waals surface area contributed by atoms with E-state index in [4.69, 9.17) is 11.6 Å². The lowest BCUT2D eigenvalue weighted by atomic mass is 10.2. The topological polar surface area (TPSA) is 89.0 Å². The molecule has 2 rings (SSSR count). The molecule has 0 aliphatic carbocycles. The van der Waals surface area contributed by atoms with E-state index in [0.717, 1.165) is 6.26 Å². The van der Waals surface area contributed by atoms with Crippen LogP contribution in [-0.2, 0) is 9.84 Å². The van der Waals surface area contributed by atoms with Gasteiger partial charge in [-0.05, 0) is 34.1 Å². The van der Waals surface area contributed by atoms with Gasteiger partial charge in [-0.15, -0.1) is 0 Å². The number of hydrogen-bond acceptors (Lipinski definition) is 5. The Morgan fingerprint density at radius 1 is 1.38 bits per heavy atom. The van der Waals surface area contributed by atoms with Gasteiger partial charge in [0.05, 0.1) is 16.3 Å². The molecule has 0 spiro atoms. The molecule has 0 atom stereocenters. The lowest BCUT2D eigenvalue weighted by molar-refractivity contribution is 0.102. The zero-order valence-electron chi connectivity index (χ0n) is 10.7. The number of carbonyl (C=O) groups excluding carboxylic acids is 1. The van der Waals surface area contributed by atoms with Gasteiger partial charge in [0.2, 0.25) is 0 Å². The SMILES string of the molecule is CS(=O)(=O)c1ncccc1NC(=O)c1cnc(Br)c(Cl)c1. The minimum atomic E-state index is -3.55. The fraction of sp³-hybridized carbons (Fsp3) is 0.0833. The monoisotopic (exact) mass is 389 g/mol. The van der Waals surface area contributed by atoms with Crippen molar-refractivity contribution in [1.29, 1.82) is 0 Å². The minimum absolute atomic E-state index is 0.101. The van der Waals surface area contributed by atoms with Gasteiger partial charge in [-0.1, -0.05) is 11.6 Å². The van der Waals surface area contributed by atoms with E-state index in [2.05, 4.69) is 31.2 Å². The van der Waals surface area contributed by atoms with Crippen molar-refractivity contribution in [3.05, 3.63) is 45.8 Å². The predicted octanol–water partition coefficient (Wildman–Crippen LogP) is 2.55. The van der Waals surface area contributed by atoms with Gasteiger partial charge in [-0.2, -0.15) is 0 Å². The third kappa shape index (κ3) is 3.78. The van der Waals surface area contributed by atoms with E-state index in [9.17, 15) is 13.2 Å². The Labute approximate surface area is 134 Å². The zero-order valence-corrected chi connectivity index (χ0v) is 13.8. The molecule has 1 N–H and O–H groups in total. The summed E-state index contributed by atoms with van der Waals surface area (Å²) in [6, 6.07) is 4.40. The Hall–Kier alpha value is -1.51. The molecular weight excluding hydrogens is 382 g/mol. The molecular formula is C12H9BrClN3O3S. The summed E-state index contributed by atoms with van der Waals surface area (Å²) in [5.41, 5.74) is 0.301. The van der Waals surface area contributed by atoms with Crippen LogP contribution in [0.25, 0.3) is 0 Å². The van der Waals surface area contributed by atoms with Crippen LogP contribution < -0.4 is 5.32 Å². The van der Waals surface area contributed by atoms with Gasteiger partial charge < -0.3 is 5.32 Å². The fourth-order valence-electron chi connectivity index (χ4n) is 1.52. The van der Waals surface area contributed by atoms with Gasteiger partial charge >= 0.3 is 0 Å². The van der Waals surface area contributed by atoms with Crippen LogP contribution >= 0.6 is 27.5 Å². The summed E-state index contributed by atoms with van der Waals surface area (Å²) >= 11 is 8.99. The first-order valence-corrected chi connectivity index (χ1v) is 8.63. The maximum Gasteiger partial charge on any atom is 0.257 e. The lowest BCUT2D eigenvalue weighted by Crippen LogP contribution is -2.15. The van der Waals surface area contributed by atoms with E-state index < -0.39 is 15.7 Å². The molecule has 21 heavy (non-hydrogen) atoms. The number of rotatable bonds is 3. The second kappa shape index (κ2) is 6.08. The van der Waals surface area contributed by atoms with Crippen molar-refractivity contribution >= 4 is 49.0 Å². The number of nitrogens with zero attached hydrogens (tertiary/aromatic N) is 2. The van der Waals surface area contributed by atoms with Crippen molar-refractivity contribution in [3.8, 4) is 0 Å². The molecule has 0 fully saturated rings. The largest absolute Gasteiger partial charge is 0.319 e. The Kier molecular flexibility index (Phi) is 4.60. The van der Waals surface area contributed by atoms with Gasteiger partial charge in [0, 0.05) is 18.6 Å². The maximum absolute atomic E-state index is 12.1. The standard InChI is InChI=1S/C12H9BrClN3O3S/c1-21(19,20)12-9(3-2-4-15-12)17-11(18)7-5-8(14)10(13)16-6-7/h2-6H,1H3,(H,17,18). The lowest BCUT2D eigenvalue weighted by Gasteiger charge is -2.09. The highest BCUT2D eigenvalue weighted by Gasteiger charge is 2.17. The Morgan fingerprint density at radius 2 is 2.10 bits per heavy atom. The number of anilines is 1. The number of carbonyl (C=O) groups is 1. The average molecular weight is 391 g/mol. The number of pyridine rings is 2. The molecule has 0 unspecified atom stereocenters. The number of amides is 1. The van der Waals surface area contributed by atoms with Crippen molar-refractivity contribution in [2.45, 2.75) is 5.03 Å². The van der Waals surface area contributed by atoms with E-state index in [1.807, 2.05) is 0 Å². The van der Waals surface area contributed by atoms with E-state index >= 15 is 0 Å². The van der Waals surface area contributed by atoms with E-state index in [1.54, 1.807) is 0 Å². The predicted molar refractivity (Wildman–Crippen MR) is 82.2 cm³/mol. The highest BCUT2D eigenvalue weighted by molar-refractivity contribution is 9.10. The average Bonchev–Trinajstić information content (AvgIpc) is 2.41. The molecule has 0 saturated carbocycles. The Balaban J connectivity index is 2.34. The van der Waals surface area contributed by atoms with Crippen LogP contribution in [-0.4, -0.2) is 30.5 Å². The van der Waals surface area contributed by atoms with E-state index in [1.165, 1.54) is 30.6 Å². The Bertz CT molecular complexity index is 811. The second-order valence-corrected chi connectivity index (χ2v) is 7.17. The van der Waals surface area contributed by atoms with Crippen molar-refractivity contribution in [3.63, 3.8) is 0 Å². The van der Waals surface area contributed by atoms with Crippen LogP contribution in [0.3, 0.4) is 0 Å². The van der Waals surface area contributed by atoms with Crippen LogP contribution in [0.2, 0.25) is 5.02 Å². The molecule has 2 aromatic heterocycles. The summed E-state index contributed by atoms with van der Waals surface area (Å²) < 4.78 is 23.6. The molecule has 2 aromatic rings. The first-order chi connectivity index (χ1) is 9.79. The number of halogens is 2. The number of nitrogens with one attached hydrogen (secondary N) is 1. The van der Waals surface area contributed by atoms with E-state index in [0.29, 0.717) is 4.60 Å². The summed E-state index contributed by atoms with van der Waals surface area (Å²) in [5.74, 6) is -0.533. The molecule has 6 nitrogen and oxygen atoms in total. The van der Waals surface area contributed by atoms with Crippen LogP contribution in [0.5, 0.6) is 0 Å². The fourth-order valence-corrected chi connectivity index (χ4v) is 2.68. The second-order valence-electron chi connectivity index (χ2n) is 4.08. The summed E-state index contributed by atoms with van der Waals surface area (Å²) in [5, 5.41) is 2.56. The van der Waals surface area contributed by atoms with Crippen molar-refractivity contribution in [2.75, 3.05) is 11.6 Å². The Morgan fingerprint density at radius 3 is 2.71 bits per heavy atom. The molecule has 0 aromatic carbocycles. The molecule has 9 heteroatoms. The highest BCUT2D eigenvalue weighted by Crippen LogP contribution is 2.22. The molecule has 110 valence electrons. The highest BCUT2D eigenvalue weighted by atomic mass is 79.9.